The first kappa shape index (κ1) is 13.3. The molecule has 3 nitrogen and oxygen atoms in total. The van der Waals surface area contributed by atoms with Gasteiger partial charge in [-0.05, 0) is 43.0 Å². The Morgan fingerprint density at radius 2 is 2.33 bits per heavy atom. The maximum Gasteiger partial charge on any atom is 0.128 e. The fraction of sp³-hybridized carbons (Fsp3) is 0.667. The van der Waals surface area contributed by atoms with Crippen LogP contribution in [0.15, 0.2) is 18.3 Å². The van der Waals surface area contributed by atoms with Gasteiger partial charge in [0.15, 0.2) is 0 Å². The van der Waals surface area contributed by atoms with Crippen LogP contribution in [0.25, 0.3) is 0 Å². The molecule has 0 amide bonds. The van der Waals surface area contributed by atoms with Crippen molar-refractivity contribution in [2.45, 2.75) is 39.7 Å². The van der Waals surface area contributed by atoms with Crippen LogP contribution < -0.4 is 10.2 Å². The summed E-state index contributed by atoms with van der Waals surface area (Å²) < 4.78 is 0. The average molecular weight is 247 g/mol. The number of pyridine rings is 1. The Morgan fingerprint density at radius 3 is 3.06 bits per heavy atom. The van der Waals surface area contributed by atoms with E-state index in [9.17, 15) is 0 Å². The smallest absolute Gasteiger partial charge is 0.128 e. The van der Waals surface area contributed by atoms with E-state index in [0.717, 1.165) is 31.4 Å². The van der Waals surface area contributed by atoms with Crippen LogP contribution in [-0.2, 0) is 6.54 Å². The molecule has 1 aromatic rings. The summed E-state index contributed by atoms with van der Waals surface area (Å²) in [5.74, 6) is 2.01. The van der Waals surface area contributed by atoms with Gasteiger partial charge < -0.3 is 10.2 Å². The fourth-order valence-electron chi connectivity index (χ4n) is 2.53. The minimum absolute atomic E-state index is 0.855. The van der Waals surface area contributed by atoms with Crippen molar-refractivity contribution >= 4 is 5.82 Å². The minimum Gasteiger partial charge on any atom is -0.356 e. The second kappa shape index (κ2) is 6.74. The third-order valence-electron chi connectivity index (χ3n) is 3.75. The molecule has 1 aliphatic rings. The summed E-state index contributed by atoms with van der Waals surface area (Å²) in [6.45, 7) is 8.85. The molecule has 2 rings (SSSR count). The molecule has 1 N–H and O–H groups in total. The molecular weight excluding hydrogens is 222 g/mol. The third-order valence-corrected chi connectivity index (χ3v) is 3.75. The lowest BCUT2D eigenvalue weighted by molar-refractivity contribution is 0.568. The van der Waals surface area contributed by atoms with Crippen LogP contribution in [0.3, 0.4) is 0 Å². The van der Waals surface area contributed by atoms with Crippen LogP contribution in [0, 0.1) is 5.92 Å². The molecule has 3 heteroatoms. The normalized spacial score (nSPS) is 19.4. The van der Waals surface area contributed by atoms with Gasteiger partial charge in [-0.3, -0.25) is 0 Å². The monoisotopic (exact) mass is 247 g/mol. The standard InChI is InChI=1S/C15H25N3/c1-3-7-16-11-14-5-8-17-15(10-14)18-9-6-13(4-2)12-18/h5,8,10,13,16H,3-4,6-7,9,11-12H2,1-2H3. The van der Waals surface area contributed by atoms with Crippen LogP contribution in [0.4, 0.5) is 5.82 Å². The van der Waals surface area contributed by atoms with Crippen molar-refractivity contribution in [3.8, 4) is 0 Å². The molecule has 1 unspecified atom stereocenters. The predicted molar refractivity (Wildman–Crippen MR) is 76.8 cm³/mol. The van der Waals surface area contributed by atoms with Crippen molar-refractivity contribution < 1.29 is 0 Å². The number of nitrogens with zero attached hydrogens (tertiary/aromatic N) is 2. The van der Waals surface area contributed by atoms with Gasteiger partial charge in [0, 0.05) is 25.8 Å². The van der Waals surface area contributed by atoms with Gasteiger partial charge >= 0.3 is 0 Å². The van der Waals surface area contributed by atoms with Gasteiger partial charge in [-0.25, -0.2) is 4.98 Å². The predicted octanol–water partition coefficient (Wildman–Crippen LogP) is 2.82. The fourth-order valence-corrected chi connectivity index (χ4v) is 2.53. The second-order valence-electron chi connectivity index (χ2n) is 5.21. The summed E-state index contributed by atoms with van der Waals surface area (Å²) in [5.41, 5.74) is 1.34. The Morgan fingerprint density at radius 1 is 1.44 bits per heavy atom. The third kappa shape index (κ3) is 3.45. The van der Waals surface area contributed by atoms with Crippen molar-refractivity contribution in [2.24, 2.45) is 5.92 Å². The van der Waals surface area contributed by atoms with Gasteiger partial charge in [0.1, 0.15) is 5.82 Å². The Labute approximate surface area is 111 Å². The molecule has 1 aliphatic heterocycles. The van der Waals surface area contributed by atoms with Crippen molar-refractivity contribution in [1.29, 1.82) is 0 Å². The van der Waals surface area contributed by atoms with E-state index in [1.165, 1.54) is 31.4 Å². The molecule has 0 aliphatic carbocycles. The van der Waals surface area contributed by atoms with Crippen LogP contribution in [-0.4, -0.2) is 24.6 Å². The lowest BCUT2D eigenvalue weighted by atomic mass is 10.1. The maximum absolute atomic E-state index is 4.52. The molecule has 1 aromatic heterocycles. The van der Waals surface area contributed by atoms with E-state index in [2.05, 4.69) is 41.2 Å². The molecule has 1 fully saturated rings. The van der Waals surface area contributed by atoms with Crippen LogP contribution in [0.2, 0.25) is 0 Å². The van der Waals surface area contributed by atoms with Gasteiger partial charge in [-0.15, -0.1) is 0 Å². The van der Waals surface area contributed by atoms with Crippen molar-refractivity contribution in [3.05, 3.63) is 23.9 Å². The summed E-state index contributed by atoms with van der Waals surface area (Å²) >= 11 is 0. The Kier molecular flexibility index (Phi) is 5.00. The van der Waals surface area contributed by atoms with Gasteiger partial charge in [-0.2, -0.15) is 0 Å². The molecule has 100 valence electrons. The first-order valence-corrected chi connectivity index (χ1v) is 7.24. The highest BCUT2D eigenvalue weighted by molar-refractivity contribution is 5.42. The van der Waals surface area contributed by atoms with Crippen molar-refractivity contribution in [1.82, 2.24) is 10.3 Å². The molecule has 1 saturated heterocycles. The first-order valence-electron chi connectivity index (χ1n) is 7.24. The van der Waals surface area contributed by atoms with Crippen LogP contribution >= 0.6 is 0 Å². The van der Waals surface area contributed by atoms with Gasteiger partial charge in [0.2, 0.25) is 0 Å². The summed E-state index contributed by atoms with van der Waals surface area (Å²) in [7, 11) is 0. The Balaban J connectivity index is 1.94. The van der Waals surface area contributed by atoms with Crippen LogP contribution in [0.1, 0.15) is 38.7 Å². The SMILES string of the molecule is CCCNCc1ccnc(N2CCC(CC)C2)c1. The van der Waals surface area contributed by atoms with E-state index in [4.69, 9.17) is 0 Å². The zero-order valence-corrected chi connectivity index (χ0v) is 11.7. The lowest BCUT2D eigenvalue weighted by Crippen LogP contribution is -2.21. The summed E-state index contributed by atoms with van der Waals surface area (Å²) in [5, 5.41) is 3.44. The lowest BCUT2D eigenvalue weighted by Gasteiger charge is -2.18. The van der Waals surface area contributed by atoms with E-state index in [1.807, 2.05) is 6.20 Å². The molecule has 0 aromatic carbocycles. The second-order valence-corrected chi connectivity index (χ2v) is 5.21. The highest BCUT2D eigenvalue weighted by atomic mass is 15.2. The number of nitrogens with one attached hydrogen (secondary N) is 1. The molecule has 0 spiro atoms. The highest BCUT2D eigenvalue weighted by Crippen LogP contribution is 2.24. The van der Waals surface area contributed by atoms with E-state index in [1.54, 1.807) is 0 Å². The summed E-state index contributed by atoms with van der Waals surface area (Å²) in [4.78, 5) is 6.94. The summed E-state index contributed by atoms with van der Waals surface area (Å²) in [6.07, 6.45) is 5.73. The average Bonchev–Trinajstić information content (AvgIpc) is 2.88. The number of hydrogen-bond acceptors (Lipinski definition) is 3. The quantitative estimate of drug-likeness (QED) is 0.784. The number of anilines is 1. The molecule has 0 saturated carbocycles. The van der Waals surface area contributed by atoms with Crippen LogP contribution in [0.5, 0.6) is 0 Å². The van der Waals surface area contributed by atoms with Gasteiger partial charge in [-0.1, -0.05) is 20.3 Å². The molecule has 0 bridgehead atoms. The van der Waals surface area contributed by atoms with Gasteiger partial charge in [0.05, 0.1) is 0 Å². The molecule has 2 heterocycles. The first-order chi connectivity index (χ1) is 8.83. The zero-order chi connectivity index (χ0) is 12.8. The Bertz CT molecular complexity index is 365. The number of hydrogen-bond donors (Lipinski definition) is 1. The molecule has 1 atom stereocenters. The highest BCUT2D eigenvalue weighted by Gasteiger charge is 2.21. The Hall–Kier alpha value is -1.09. The molecule has 18 heavy (non-hydrogen) atoms. The van der Waals surface area contributed by atoms with E-state index in [-0.39, 0.29) is 0 Å². The van der Waals surface area contributed by atoms with E-state index >= 15 is 0 Å². The number of aromatic nitrogens is 1. The molecular formula is C15H25N3. The van der Waals surface area contributed by atoms with E-state index in [0.29, 0.717) is 0 Å². The minimum atomic E-state index is 0.855. The summed E-state index contributed by atoms with van der Waals surface area (Å²) in [6, 6.07) is 4.35. The van der Waals surface area contributed by atoms with Crippen molar-refractivity contribution in [2.75, 3.05) is 24.5 Å². The molecule has 0 radical (unpaired) electrons. The van der Waals surface area contributed by atoms with E-state index < -0.39 is 0 Å². The topological polar surface area (TPSA) is 28.2 Å². The van der Waals surface area contributed by atoms with Crippen molar-refractivity contribution in [3.63, 3.8) is 0 Å². The zero-order valence-electron chi connectivity index (χ0n) is 11.7. The number of rotatable bonds is 6. The maximum atomic E-state index is 4.52. The largest absolute Gasteiger partial charge is 0.356 e. The van der Waals surface area contributed by atoms with Gasteiger partial charge in [0.25, 0.3) is 0 Å².